The number of ether oxygens (including phenoxy) is 1. The Labute approximate surface area is 189 Å². The average molecular weight is 444 g/mol. The SMILES string of the molecule is COc1ccc(Nc2nc(NC3CCCCCC3)nc(NC3CCN(C)CC3)n2)cc1F. The van der Waals surface area contributed by atoms with Gasteiger partial charge in [0.1, 0.15) is 0 Å². The molecule has 1 aromatic carbocycles. The number of nitrogens with one attached hydrogen (secondary N) is 3. The first-order valence-corrected chi connectivity index (χ1v) is 11.7. The van der Waals surface area contributed by atoms with Crippen molar-refractivity contribution in [2.45, 2.75) is 63.5 Å². The molecule has 174 valence electrons. The van der Waals surface area contributed by atoms with Crippen LogP contribution in [0.4, 0.5) is 27.9 Å². The van der Waals surface area contributed by atoms with Crippen molar-refractivity contribution in [2.24, 2.45) is 0 Å². The molecule has 0 bridgehead atoms. The smallest absolute Gasteiger partial charge is 0.233 e. The Morgan fingerprint density at radius 3 is 2.06 bits per heavy atom. The van der Waals surface area contributed by atoms with Gasteiger partial charge in [-0.25, -0.2) is 4.39 Å². The van der Waals surface area contributed by atoms with Gasteiger partial charge in [-0.1, -0.05) is 25.7 Å². The second-order valence-corrected chi connectivity index (χ2v) is 8.84. The van der Waals surface area contributed by atoms with Crippen LogP contribution in [-0.4, -0.2) is 59.2 Å². The van der Waals surface area contributed by atoms with Gasteiger partial charge in [0, 0.05) is 23.8 Å². The summed E-state index contributed by atoms with van der Waals surface area (Å²) in [5.41, 5.74) is 0.556. The topological polar surface area (TPSA) is 87.2 Å². The van der Waals surface area contributed by atoms with E-state index in [0.717, 1.165) is 38.8 Å². The quantitative estimate of drug-likeness (QED) is 0.543. The van der Waals surface area contributed by atoms with E-state index >= 15 is 0 Å². The van der Waals surface area contributed by atoms with Gasteiger partial charge in [-0.3, -0.25) is 0 Å². The molecule has 2 heterocycles. The van der Waals surface area contributed by atoms with Crippen molar-refractivity contribution in [2.75, 3.05) is 43.2 Å². The van der Waals surface area contributed by atoms with Gasteiger partial charge in [0.05, 0.1) is 7.11 Å². The summed E-state index contributed by atoms with van der Waals surface area (Å²) in [5.74, 6) is 1.25. The third kappa shape index (κ3) is 6.18. The molecule has 2 aromatic rings. The fourth-order valence-corrected chi connectivity index (χ4v) is 4.38. The third-order valence-corrected chi connectivity index (χ3v) is 6.28. The van der Waals surface area contributed by atoms with E-state index in [2.05, 4.69) is 42.8 Å². The predicted molar refractivity (Wildman–Crippen MR) is 125 cm³/mol. The Morgan fingerprint density at radius 2 is 1.47 bits per heavy atom. The molecule has 1 aliphatic heterocycles. The van der Waals surface area contributed by atoms with E-state index in [9.17, 15) is 4.39 Å². The van der Waals surface area contributed by atoms with Crippen LogP contribution in [-0.2, 0) is 0 Å². The highest BCUT2D eigenvalue weighted by molar-refractivity contribution is 5.57. The van der Waals surface area contributed by atoms with Crippen LogP contribution in [0.25, 0.3) is 0 Å². The highest BCUT2D eigenvalue weighted by Crippen LogP contribution is 2.25. The highest BCUT2D eigenvalue weighted by atomic mass is 19.1. The van der Waals surface area contributed by atoms with Gasteiger partial charge in [-0.15, -0.1) is 0 Å². The number of nitrogens with zero attached hydrogens (tertiary/aromatic N) is 4. The number of aromatic nitrogens is 3. The number of hydrogen-bond donors (Lipinski definition) is 3. The number of rotatable bonds is 7. The van der Waals surface area contributed by atoms with Crippen LogP contribution in [0, 0.1) is 5.82 Å². The number of likely N-dealkylation sites (tertiary alicyclic amines) is 1. The number of halogens is 1. The van der Waals surface area contributed by atoms with E-state index < -0.39 is 5.82 Å². The Morgan fingerprint density at radius 1 is 0.875 bits per heavy atom. The first kappa shape index (κ1) is 22.5. The molecule has 0 spiro atoms. The fraction of sp³-hybridized carbons (Fsp3) is 0.609. The summed E-state index contributed by atoms with van der Waals surface area (Å²) in [6.45, 7) is 2.10. The number of piperidine rings is 1. The van der Waals surface area contributed by atoms with E-state index in [-0.39, 0.29) is 5.75 Å². The van der Waals surface area contributed by atoms with Gasteiger partial charge in [-0.05, 0) is 58.0 Å². The summed E-state index contributed by atoms with van der Waals surface area (Å²) in [6, 6.07) is 5.40. The van der Waals surface area contributed by atoms with Crippen LogP contribution in [0.1, 0.15) is 51.4 Å². The maximum Gasteiger partial charge on any atom is 0.233 e. The molecular formula is C23H34FN7O. The van der Waals surface area contributed by atoms with Gasteiger partial charge in [-0.2, -0.15) is 15.0 Å². The molecule has 8 nitrogen and oxygen atoms in total. The monoisotopic (exact) mass is 443 g/mol. The van der Waals surface area contributed by atoms with Gasteiger partial charge < -0.3 is 25.6 Å². The number of benzene rings is 1. The van der Waals surface area contributed by atoms with E-state index in [0.29, 0.717) is 35.6 Å². The lowest BCUT2D eigenvalue weighted by Gasteiger charge is -2.29. The van der Waals surface area contributed by atoms with Crippen LogP contribution in [0.2, 0.25) is 0 Å². The van der Waals surface area contributed by atoms with E-state index in [4.69, 9.17) is 4.74 Å². The highest BCUT2D eigenvalue weighted by Gasteiger charge is 2.19. The van der Waals surface area contributed by atoms with E-state index in [1.807, 2.05) is 0 Å². The van der Waals surface area contributed by atoms with E-state index in [1.165, 1.54) is 38.9 Å². The first-order chi connectivity index (χ1) is 15.6. The molecule has 0 atom stereocenters. The zero-order valence-corrected chi connectivity index (χ0v) is 19.0. The molecule has 2 fully saturated rings. The lowest BCUT2D eigenvalue weighted by molar-refractivity contribution is 0.263. The molecule has 1 aliphatic carbocycles. The van der Waals surface area contributed by atoms with Crippen molar-refractivity contribution in [3.05, 3.63) is 24.0 Å². The molecule has 0 unspecified atom stereocenters. The van der Waals surface area contributed by atoms with Crippen molar-refractivity contribution in [1.82, 2.24) is 19.9 Å². The molecule has 0 amide bonds. The summed E-state index contributed by atoms with van der Waals surface area (Å²) in [6.07, 6.45) is 9.34. The normalized spacial score (nSPS) is 18.7. The Hall–Kier alpha value is -2.68. The molecule has 9 heteroatoms. The standard InChI is InChI=1S/C23H34FN7O/c1-31-13-11-17(12-14-31)26-22-28-21(25-16-7-5-3-4-6-8-16)29-23(30-22)27-18-9-10-20(32-2)19(24)15-18/h9-10,15-17H,3-8,11-14H2,1-2H3,(H3,25,26,27,28,29,30). The summed E-state index contributed by atoms with van der Waals surface area (Å²) in [4.78, 5) is 16.2. The third-order valence-electron chi connectivity index (χ3n) is 6.28. The van der Waals surface area contributed by atoms with Crippen LogP contribution in [0.5, 0.6) is 5.75 Å². The molecule has 1 saturated heterocycles. The second kappa shape index (κ2) is 10.8. The molecular weight excluding hydrogens is 409 g/mol. The molecule has 2 aliphatic rings. The van der Waals surface area contributed by atoms with Crippen LogP contribution >= 0.6 is 0 Å². The lowest BCUT2D eigenvalue weighted by atomic mass is 10.1. The maximum atomic E-state index is 14.2. The molecule has 4 rings (SSSR count). The number of anilines is 4. The van der Waals surface area contributed by atoms with Crippen LogP contribution in [0.15, 0.2) is 18.2 Å². The van der Waals surface area contributed by atoms with Gasteiger partial charge >= 0.3 is 0 Å². The second-order valence-electron chi connectivity index (χ2n) is 8.84. The van der Waals surface area contributed by atoms with E-state index in [1.54, 1.807) is 12.1 Å². The Balaban J connectivity index is 1.53. The minimum absolute atomic E-state index is 0.200. The minimum Gasteiger partial charge on any atom is -0.494 e. The summed E-state index contributed by atoms with van der Waals surface area (Å²) >= 11 is 0. The van der Waals surface area contributed by atoms with Gasteiger partial charge in [0.15, 0.2) is 11.6 Å². The van der Waals surface area contributed by atoms with Crippen molar-refractivity contribution >= 4 is 23.5 Å². The van der Waals surface area contributed by atoms with Crippen molar-refractivity contribution in [3.63, 3.8) is 0 Å². The fourth-order valence-electron chi connectivity index (χ4n) is 4.38. The summed E-state index contributed by atoms with van der Waals surface area (Å²) in [7, 11) is 3.59. The average Bonchev–Trinajstić information content (AvgIpc) is 3.04. The Bertz CT molecular complexity index is 881. The predicted octanol–water partition coefficient (Wildman–Crippen LogP) is 4.40. The zero-order chi connectivity index (χ0) is 22.3. The largest absolute Gasteiger partial charge is 0.494 e. The zero-order valence-electron chi connectivity index (χ0n) is 19.0. The summed E-state index contributed by atoms with van der Waals surface area (Å²) < 4.78 is 19.2. The van der Waals surface area contributed by atoms with Gasteiger partial charge in [0.2, 0.25) is 17.8 Å². The summed E-state index contributed by atoms with van der Waals surface area (Å²) in [5, 5.41) is 10.1. The minimum atomic E-state index is -0.437. The Kier molecular flexibility index (Phi) is 7.57. The van der Waals surface area contributed by atoms with Gasteiger partial charge in [0.25, 0.3) is 0 Å². The molecule has 1 aromatic heterocycles. The maximum absolute atomic E-state index is 14.2. The molecule has 32 heavy (non-hydrogen) atoms. The number of hydrogen-bond acceptors (Lipinski definition) is 8. The van der Waals surface area contributed by atoms with Crippen LogP contribution in [0.3, 0.4) is 0 Å². The van der Waals surface area contributed by atoms with Crippen molar-refractivity contribution < 1.29 is 9.13 Å². The molecule has 0 radical (unpaired) electrons. The lowest BCUT2D eigenvalue weighted by Crippen LogP contribution is -2.37. The van der Waals surface area contributed by atoms with Crippen molar-refractivity contribution in [1.29, 1.82) is 0 Å². The molecule has 1 saturated carbocycles. The number of methoxy groups -OCH3 is 1. The van der Waals surface area contributed by atoms with Crippen molar-refractivity contribution in [3.8, 4) is 5.75 Å². The van der Waals surface area contributed by atoms with Crippen LogP contribution < -0.4 is 20.7 Å². The first-order valence-electron chi connectivity index (χ1n) is 11.7. The molecule has 3 N–H and O–H groups in total.